The summed E-state index contributed by atoms with van der Waals surface area (Å²) in [6.07, 6.45) is 3.48. The molecule has 0 aliphatic heterocycles. The predicted molar refractivity (Wildman–Crippen MR) is 84.9 cm³/mol. The van der Waals surface area contributed by atoms with Crippen LogP contribution in [0.3, 0.4) is 0 Å². The van der Waals surface area contributed by atoms with Crippen LogP contribution in [-0.2, 0) is 20.9 Å². The van der Waals surface area contributed by atoms with Crippen LogP contribution >= 0.6 is 0 Å². The van der Waals surface area contributed by atoms with Gasteiger partial charge < -0.3 is 15.3 Å². The Morgan fingerprint density at radius 3 is 2.43 bits per heavy atom. The van der Waals surface area contributed by atoms with Crippen molar-refractivity contribution < 1.29 is 19.5 Å². The van der Waals surface area contributed by atoms with Crippen LogP contribution in [0.4, 0.5) is 5.82 Å². The summed E-state index contributed by atoms with van der Waals surface area (Å²) in [5.74, 6) is -1.07. The number of amides is 2. The van der Waals surface area contributed by atoms with Crippen LogP contribution in [0.1, 0.15) is 39.5 Å². The van der Waals surface area contributed by atoms with Crippen LogP contribution in [0.2, 0.25) is 0 Å². The Labute approximate surface area is 135 Å². The lowest BCUT2D eigenvalue weighted by molar-refractivity contribution is -0.138. The van der Waals surface area contributed by atoms with Gasteiger partial charge in [-0.1, -0.05) is 13.8 Å². The van der Waals surface area contributed by atoms with Gasteiger partial charge in [-0.15, -0.1) is 0 Å². The first kappa shape index (κ1) is 18.7. The molecule has 23 heavy (non-hydrogen) atoms. The maximum absolute atomic E-state index is 12.1. The zero-order valence-electron chi connectivity index (χ0n) is 13.6. The molecule has 1 rings (SSSR count). The van der Waals surface area contributed by atoms with Crippen LogP contribution in [0, 0.1) is 0 Å². The fourth-order valence-corrected chi connectivity index (χ4v) is 2.14. The summed E-state index contributed by atoms with van der Waals surface area (Å²) < 4.78 is 1.22. The molecule has 0 bridgehead atoms. The Kier molecular flexibility index (Phi) is 7.79. The number of carbonyl (C=O) groups excluding carboxylic acids is 2. The normalized spacial score (nSPS) is 10.3. The first-order valence-electron chi connectivity index (χ1n) is 7.79. The quantitative estimate of drug-likeness (QED) is 0.675. The van der Waals surface area contributed by atoms with E-state index in [0.717, 1.165) is 12.8 Å². The van der Waals surface area contributed by atoms with Crippen molar-refractivity contribution in [3.63, 3.8) is 0 Å². The largest absolute Gasteiger partial charge is 0.480 e. The number of hydrogen-bond acceptors (Lipinski definition) is 4. The second kappa shape index (κ2) is 9.60. The van der Waals surface area contributed by atoms with Gasteiger partial charge in [-0.3, -0.25) is 19.1 Å². The molecule has 1 aromatic heterocycles. The molecule has 0 unspecified atom stereocenters. The molecule has 0 radical (unpaired) electrons. The number of rotatable bonds is 10. The van der Waals surface area contributed by atoms with Crippen molar-refractivity contribution in [3.8, 4) is 0 Å². The predicted octanol–water partition coefficient (Wildman–Crippen LogP) is 1.33. The first-order valence-corrected chi connectivity index (χ1v) is 7.79. The molecule has 2 amide bonds. The van der Waals surface area contributed by atoms with E-state index in [9.17, 15) is 14.4 Å². The molecule has 1 aromatic rings. The Morgan fingerprint density at radius 1 is 1.22 bits per heavy atom. The van der Waals surface area contributed by atoms with E-state index in [2.05, 4.69) is 10.4 Å². The van der Waals surface area contributed by atoms with Gasteiger partial charge in [0.05, 0.1) is 0 Å². The van der Waals surface area contributed by atoms with E-state index >= 15 is 0 Å². The Morgan fingerprint density at radius 2 is 1.87 bits per heavy atom. The summed E-state index contributed by atoms with van der Waals surface area (Å²) in [6.45, 7) is 5.16. The number of nitrogens with zero attached hydrogens (tertiary/aromatic N) is 3. The zero-order chi connectivity index (χ0) is 17.2. The minimum Gasteiger partial charge on any atom is -0.480 e. The molecule has 0 saturated carbocycles. The maximum atomic E-state index is 12.1. The van der Waals surface area contributed by atoms with Gasteiger partial charge in [0.15, 0.2) is 5.82 Å². The van der Waals surface area contributed by atoms with E-state index in [4.69, 9.17) is 5.11 Å². The van der Waals surface area contributed by atoms with E-state index in [1.165, 1.54) is 16.9 Å². The van der Waals surface area contributed by atoms with Crippen LogP contribution in [-0.4, -0.2) is 50.7 Å². The van der Waals surface area contributed by atoms with E-state index in [0.29, 0.717) is 13.1 Å². The average Bonchev–Trinajstić information content (AvgIpc) is 2.90. The smallest absolute Gasteiger partial charge is 0.325 e. The lowest BCUT2D eigenvalue weighted by Crippen LogP contribution is -2.33. The van der Waals surface area contributed by atoms with Gasteiger partial charge >= 0.3 is 5.97 Å². The highest BCUT2D eigenvalue weighted by Crippen LogP contribution is 2.06. The molecule has 0 aliphatic rings. The molecule has 1 heterocycles. The molecule has 128 valence electrons. The molecule has 8 heteroatoms. The SMILES string of the molecule is CCCN(CCC)C(=O)CCC(=O)Nc1ccn(CC(=O)O)n1. The van der Waals surface area contributed by atoms with Crippen molar-refractivity contribution >= 4 is 23.6 Å². The highest BCUT2D eigenvalue weighted by atomic mass is 16.4. The topological polar surface area (TPSA) is 105 Å². The van der Waals surface area contributed by atoms with Gasteiger partial charge in [0.25, 0.3) is 0 Å². The van der Waals surface area contributed by atoms with Gasteiger partial charge in [-0.2, -0.15) is 5.10 Å². The molecule has 8 nitrogen and oxygen atoms in total. The average molecular weight is 324 g/mol. The van der Waals surface area contributed by atoms with Gasteiger partial charge in [0, 0.05) is 38.2 Å². The number of hydrogen-bond donors (Lipinski definition) is 2. The molecule has 0 saturated heterocycles. The van der Waals surface area contributed by atoms with Crippen LogP contribution in [0.5, 0.6) is 0 Å². The Balaban J connectivity index is 2.42. The molecule has 0 atom stereocenters. The zero-order valence-corrected chi connectivity index (χ0v) is 13.6. The number of anilines is 1. The van der Waals surface area contributed by atoms with E-state index in [-0.39, 0.29) is 37.0 Å². The second-order valence-corrected chi connectivity index (χ2v) is 5.22. The van der Waals surface area contributed by atoms with Crippen molar-refractivity contribution in [3.05, 3.63) is 12.3 Å². The summed E-state index contributed by atoms with van der Waals surface area (Å²) in [5, 5.41) is 15.1. The molecule has 0 aliphatic carbocycles. The van der Waals surface area contributed by atoms with Gasteiger partial charge in [0.1, 0.15) is 6.54 Å². The lowest BCUT2D eigenvalue weighted by Gasteiger charge is -2.21. The van der Waals surface area contributed by atoms with E-state index in [1.807, 2.05) is 13.8 Å². The second-order valence-electron chi connectivity index (χ2n) is 5.22. The summed E-state index contributed by atoms with van der Waals surface area (Å²) in [7, 11) is 0. The van der Waals surface area contributed by atoms with Crippen molar-refractivity contribution in [2.75, 3.05) is 18.4 Å². The molecule has 0 fully saturated rings. The van der Waals surface area contributed by atoms with Gasteiger partial charge in [-0.25, -0.2) is 0 Å². The fourth-order valence-electron chi connectivity index (χ4n) is 2.14. The third-order valence-electron chi connectivity index (χ3n) is 3.11. The van der Waals surface area contributed by atoms with Crippen LogP contribution in [0.25, 0.3) is 0 Å². The lowest BCUT2D eigenvalue weighted by atomic mass is 10.2. The van der Waals surface area contributed by atoms with Gasteiger partial charge in [-0.05, 0) is 12.8 Å². The van der Waals surface area contributed by atoms with E-state index < -0.39 is 5.97 Å². The number of aliphatic carboxylic acids is 1. The molecular formula is C15H24N4O4. The molecule has 0 spiro atoms. The third kappa shape index (κ3) is 6.94. The number of carboxylic acid groups (broad SMARTS) is 1. The Bertz CT molecular complexity index is 535. The highest BCUT2D eigenvalue weighted by molar-refractivity contribution is 5.92. The molecule has 2 N–H and O–H groups in total. The van der Waals surface area contributed by atoms with E-state index in [1.54, 1.807) is 4.90 Å². The molecular weight excluding hydrogens is 300 g/mol. The number of aromatic nitrogens is 2. The van der Waals surface area contributed by atoms with Crippen LogP contribution < -0.4 is 5.32 Å². The number of carboxylic acids is 1. The minimum atomic E-state index is -1.01. The van der Waals surface area contributed by atoms with Crippen molar-refractivity contribution in [1.82, 2.24) is 14.7 Å². The van der Waals surface area contributed by atoms with Crippen molar-refractivity contribution in [2.45, 2.75) is 46.1 Å². The summed E-state index contributed by atoms with van der Waals surface area (Å²) in [4.78, 5) is 36.2. The third-order valence-corrected chi connectivity index (χ3v) is 3.11. The standard InChI is InChI=1S/C15H24N4O4/c1-3-8-18(9-4-2)14(21)6-5-13(20)16-12-7-10-19(17-12)11-15(22)23/h7,10H,3-6,8-9,11H2,1-2H3,(H,22,23)(H,16,17,20). The fraction of sp³-hybridized carbons (Fsp3) is 0.600. The number of nitrogens with one attached hydrogen (secondary N) is 1. The van der Waals surface area contributed by atoms with Crippen LogP contribution in [0.15, 0.2) is 12.3 Å². The Hall–Kier alpha value is -2.38. The minimum absolute atomic E-state index is 0.0275. The molecule has 0 aromatic carbocycles. The van der Waals surface area contributed by atoms with Gasteiger partial charge in [0.2, 0.25) is 11.8 Å². The summed E-state index contributed by atoms with van der Waals surface area (Å²) in [5.41, 5.74) is 0. The monoisotopic (exact) mass is 324 g/mol. The highest BCUT2D eigenvalue weighted by Gasteiger charge is 2.14. The number of carbonyl (C=O) groups is 3. The van der Waals surface area contributed by atoms with Crippen molar-refractivity contribution in [2.24, 2.45) is 0 Å². The summed E-state index contributed by atoms with van der Waals surface area (Å²) >= 11 is 0. The van der Waals surface area contributed by atoms with Crippen molar-refractivity contribution in [1.29, 1.82) is 0 Å². The summed E-state index contributed by atoms with van der Waals surface area (Å²) in [6, 6.07) is 1.52. The maximum Gasteiger partial charge on any atom is 0.325 e. The first-order chi connectivity index (χ1) is 11.0.